The summed E-state index contributed by atoms with van der Waals surface area (Å²) >= 11 is 0. The molecule has 108 valence electrons. The SMILES string of the molecule is CCCNS(=O)(=O)N(CC1CCCNC1)C(C)C. The van der Waals surface area contributed by atoms with Gasteiger partial charge < -0.3 is 5.32 Å². The van der Waals surface area contributed by atoms with E-state index in [0.29, 0.717) is 19.0 Å². The molecule has 1 unspecified atom stereocenters. The summed E-state index contributed by atoms with van der Waals surface area (Å²) in [5, 5.41) is 3.33. The normalized spacial score (nSPS) is 21.7. The molecule has 2 N–H and O–H groups in total. The lowest BCUT2D eigenvalue weighted by Gasteiger charge is -2.32. The molecule has 0 radical (unpaired) electrons. The van der Waals surface area contributed by atoms with Gasteiger partial charge in [-0.2, -0.15) is 12.7 Å². The van der Waals surface area contributed by atoms with Gasteiger partial charge in [-0.15, -0.1) is 0 Å². The summed E-state index contributed by atoms with van der Waals surface area (Å²) in [6.45, 7) is 8.93. The van der Waals surface area contributed by atoms with E-state index < -0.39 is 10.2 Å². The van der Waals surface area contributed by atoms with Crippen molar-refractivity contribution in [3.8, 4) is 0 Å². The second kappa shape index (κ2) is 7.43. The summed E-state index contributed by atoms with van der Waals surface area (Å²) < 4.78 is 28.7. The maximum absolute atomic E-state index is 12.2. The lowest BCUT2D eigenvalue weighted by molar-refractivity contribution is 0.261. The number of hydrogen-bond donors (Lipinski definition) is 2. The van der Waals surface area contributed by atoms with Crippen molar-refractivity contribution in [3.63, 3.8) is 0 Å². The van der Waals surface area contributed by atoms with Gasteiger partial charge in [-0.25, -0.2) is 4.72 Å². The molecule has 0 aromatic carbocycles. The molecule has 6 heteroatoms. The number of hydrogen-bond acceptors (Lipinski definition) is 3. The summed E-state index contributed by atoms with van der Waals surface area (Å²) in [6.07, 6.45) is 3.06. The van der Waals surface area contributed by atoms with Crippen molar-refractivity contribution in [3.05, 3.63) is 0 Å². The van der Waals surface area contributed by atoms with E-state index in [-0.39, 0.29) is 6.04 Å². The third-order valence-corrected chi connectivity index (χ3v) is 5.01. The highest BCUT2D eigenvalue weighted by Crippen LogP contribution is 2.15. The van der Waals surface area contributed by atoms with E-state index in [1.165, 1.54) is 0 Å². The Bertz CT molecular complexity index is 324. The standard InChI is InChI=1S/C12H27N3O2S/c1-4-7-14-18(16,17)15(11(2)3)10-12-6-5-8-13-9-12/h11-14H,4-10H2,1-3H3. The molecule has 0 bridgehead atoms. The van der Waals surface area contributed by atoms with Crippen LogP contribution in [0, 0.1) is 5.92 Å². The first-order valence-electron chi connectivity index (χ1n) is 6.94. The molecule has 0 aliphatic carbocycles. The fraction of sp³-hybridized carbons (Fsp3) is 1.00. The zero-order valence-corrected chi connectivity index (χ0v) is 12.6. The second-order valence-corrected chi connectivity index (χ2v) is 6.98. The van der Waals surface area contributed by atoms with Crippen LogP contribution in [0.2, 0.25) is 0 Å². The number of nitrogens with zero attached hydrogens (tertiary/aromatic N) is 1. The van der Waals surface area contributed by atoms with Crippen molar-refractivity contribution in [1.82, 2.24) is 14.3 Å². The van der Waals surface area contributed by atoms with Crippen LogP contribution in [0.1, 0.15) is 40.0 Å². The van der Waals surface area contributed by atoms with E-state index in [1.54, 1.807) is 4.31 Å². The van der Waals surface area contributed by atoms with Crippen LogP contribution in [-0.4, -0.2) is 44.9 Å². The van der Waals surface area contributed by atoms with E-state index in [0.717, 1.165) is 32.4 Å². The predicted molar refractivity (Wildman–Crippen MR) is 74.6 cm³/mol. The minimum absolute atomic E-state index is 0.00119. The third-order valence-electron chi connectivity index (χ3n) is 3.26. The maximum Gasteiger partial charge on any atom is 0.279 e. The third kappa shape index (κ3) is 4.84. The molecule has 0 aromatic heterocycles. The molecule has 0 spiro atoms. The Morgan fingerprint density at radius 3 is 2.67 bits per heavy atom. The maximum atomic E-state index is 12.2. The highest BCUT2D eigenvalue weighted by molar-refractivity contribution is 7.87. The van der Waals surface area contributed by atoms with E-state index in [4.69, 9.17) is 0 Å². The fourth-order valence-electron chi connectivity index (χ4n) is 2.23. The monoisotopic (exact) mass is 277 g/mol. The first-order valence-corrected chi connectivity index (χ1v) is 8.38. The molecular formula is C12H27N3O2S. The first-order chi connectivity index (χ1) is 8.47. The van der Waals surface area contributed by atoms with E-state index in [1.807, 2.05) is 20.8 Å². The number of rotatable bonds is 7. The van der Waals surface area contributed by atoms with Crippen LogP contribution in [0.5, 0.6) is 0 Å². The summed E-state index contributed by atoms with van der Waals surface area (Å²) in [5.41, 5.74) is 0. The summed E-state index contributed by atoms with van der Waals surface area (Å²) in [6, 6.07) is 0.00119. The zero-order valence-electron chi connectivity index (χ0n) is 11.8. The zero-order chi connectivity index (χ0) is 13.6. The molecule has 1 aliphatic heterocycles. The van der Waals surface area contributed by atoms with Crippen LogP contribution in [0.3, 0.4) is 0 Å². The number of piperidine rings is 1. The Morgan fingerprint density at radius 2 is 2.17 bits per heavy atom. The minimum Gasteiger partial charge on any atom is -0.316 e. The van der Waals surface area contributed by atoms with Gasteiger partial charge in [-0.05, 0) is 52.1 Å². The molecule has 1 fully saturated rings. The van der Waals surface area contributed by atoms with Gasteiger partial charge in [-0.1, -0.05) is 6.92 Å². The van der Waals surface area contributed by atoms with Gasteiger partial charge in [-0.3, -0.25) is 0 Å². The largest absolute Gasteiger partial charge is 0.316 e. The van der Waals surface area contributed by atoms with Crippen molar-refractivity contribution in [2.45, 2.75) is 46.1 Å². The van der Waals surface area contributed by atoms with Crippen LogP contribution in [0.25, 0.3) is 0 Å². The number of nitrogens with one attached hydrogen (secondary N) is 2. The van der Waals surface area contributed by atoms with Crippen LogP contribution in [-0.2, 0) is 10.2 Å². The van der Waals surface area contributed by atoms with Crippen LogP contribution < -0.4 is 10.0 Å². The van der Waals surface area contributed by atoms with Gasteiger partial charge >= 0.3 is 0 Å². The van der Waals surface area contributed by atoms with Crippen molar-refractivity contribution < 1.29 is 8.42 Å². The Kier molecular flexibility index (Phi) is 6.55. The summed E-state index contributed by atoms with van der Waals surface area (Å²) in [4.78, 5) is 0. The Morgan fingerprint density at radius 1 is 1.44 bits per heavy atom. The van der Waals surface area contributed by atoms with Crippen LogP contribution >= 0.6 is 0 Å². The highest BCUT2D eigenvalue weighted by atomic mass is 32.2. The van der Waals surface area contributed by atoms with Crippen molar-refractivity contribution in [2.75, 3.05) is 26.2 Å². The molecule has 18 heavy (non-hydrogen) atoms. The smallest absolute Gasteiger partial charge is 0.279 e. The topological polar surface area (TPSA) is 61.4 Å². The lowest BCUT2D eigenvalue weighted by atomic mass is 9.99. The molecule has 1 heterocycles. The average Bonchev–Trinajstić information content (AvgIpc) is 2.34. The second-order valence-electron chi connectivity index (χ2n) is 5.28. The molecular weight excluding hydrogens is 250 g/mol. The average molecular weight is 277 g/mol. The molecule has 5 nitrogen and oxygen atoms in total. The predicted octanol–water partition coefficient (Wildman–Crippen LogP) is 0.941. The molecule has 1 atom stereocenters. The Hall–Kier alpha value is -0.170. The van der Waals surface area contributed by atoms with Crippen molar-refractivity contribution in [1.29, 1.82) is 0 Å². The fourth-order valence-corrected chi connectivity index (χ4v) is 3.82. The first kappa shape index (κ1) is 15.9. The van der Waals surface area contributed by atoms with Gasteiger partial charge in [0.05, 0.1) is 0 Å². The molecule has 1 rings (SSSR count). The lowest BCUT2D eigenvalue weighted by Crippen LogP contribution is -2.48. The Balaban J connectivity index is 2.63. The highest BCUT2D eigenvalue weighted by Gasteiger charge is 2.27. The van der Waals surface area contributed by atoms with Gasteiger partial charge in [0.2, 0.25) is 0 Å². The van der Waals surface area contributed by atoms with Crippen LogP contribution in [0.15, 0.2) is 0 Å². The van der Waals surface area contributed by atoms with E-state index in [9.17, 15) is 8.42 Å². The summed E-state index contributed by atoms with van der Waals surface area (Å²) in [5.74, 6) is 0.430. The van der Waals surface area contributed by atoms with E-state index in [2.05, 4.69) is 10.0 Å². The van der Waals surface area contributed by atoms with E-state index >= 15 is 0 Å². The van der Waals surface area contributed by atoms with Crippen LogP contribution in [0.4, 0.5) is 0 Å². The van der Waals surface area contributed by atoms with Crippen molar-refractivity contribution >= 4 is 10.2 Å². The van der Waals surface area contributed by atoms with Gasteiger partial charge in [0.25, 0.3) is 10.2 Å². The molecule has 0 amide bonds. The van der Waals surface area contributed by atoms with Gasteiger partial charge in [0.15, 0.2) is 0 Å². The molecule has 1 aliphatic rings. The quantitative estimate of drug-likeness (QED) is 0.728. The minimum atomic E-state index is -3.33. The molecule has 0 saturated carbocycles. The van der Waals surface area contributed by atoms with Gasteiger partial charge in [0.1, 0.15) is 0 Å². The molecule has 0 aromatic rings. The summed E-state index contributed by atoms with van der Waals surface area (Å²) in [7, 11) is -3.33. The molecule has 1 saturated heterocycles. The van der Waals surface area contributed by atoms with Gasteiger partial charge in [0, 0.05) is 19.1 Å². The van der Waals surface area contributed by atoms with Crippen molar-refractivity contribution in [2.24, 2.45) is 5.92 Å². The Labute approximate surface area is 112 Å².